The summed E-state index contributed by atoms with van der Waals surface area (Å²) < 4.78 is 16.1. The molecule has 140 valence electrons. The van der Waals surface area contributed by atoms with Crippen LogP contribution in [0.15, 0.2) is 61.2 Å². The Bertz CT molecular complexity index is 1160. The lowest BCUT2D eigenvalue weighted by Gasteiger charge is -2.17. The van der Waals surface area contributed by atoms with Crippen LogP contribution in [0, 0.1) is 5.82 Å². The molecule has 0 unspecified atom stereocenters. The first-order valence-corrected chi connectivity index (χ1v) is 8.56. The van der Waals surface area contributed by atoms with E-state index in [4.69, 9.17) is 5.73 Å². The molecule has 0 fully saturated rings. The highest BCUT2D eigenvalue weighted by Crippen LogP contribution is 2.22. The van der Waals surface area contributed by atoms with Crippen molar-refractivity contribution in [1.29, 1.82) is 0 Å². The molecule has 28 heavy (non-hydrogen) atoms. The summed E-state index contributed by atoms with van der Waals surface area (Å²) in [6.45, 7) is 0.334. The minimum absolute atomic E-state index is 0.129. The molecule has 2 N–H and O–H groups in total. The van der Waals surface area contributed by atoms with Crippen LogP contribution < -0.4 is 5.73 Å². The van der Waals surface area contributed by atoms with E-state index in [9.17, 15) is 9.18 Å². The molecule has 0 saturated carbocycles. The van der Waals surface area contributed by atoms with Crippen molar-refractivity contribution in [3.63, 3.8) is 0 Å². The molecule has 4 rings (SSSR count). The molecule has 1 amide bonds. The lowest BCUT2D eigenvalue weighted by molar-refractivity contribution is 0.0782. The molecule has 7 nitrogen and oxygen atoms in total. The Morgan fingerprint density at radius 2 is 1.89 bits per heavy atom. The molecule has 0 aliphatic heterocycles. The first kappa shape index (κ1) is 17.6. The third kappa shape index (κ3) is 3.39. The number of amides is 1. The van der Waals surface area contributed by atoms with Gasteiger partial charge in [0.05, 0.1) is 18.4 Å². The standard InChI is InChI=1S/C20H17FN6O/c1-26(12-17-11-23-18-4-2-3-5-27(17)18)19(28)14-6-13(7-16(21)8-14)15-9-24-20(22)25-10-15/h2-11H,12H2,1H3,(H2,22,24,25). The number of fused-ring (bicyclic) bond motifs is 1. The monoisotopic (exact) mass is 376 g/mol. The summed E-state index contributed by atoms with van der Waals surface area (Å²) in [5, 5.41) is 0. The number of benzene rings is 1. The van der Waals surface area contributed by atoms with Crippen LogP contribution >= 0.6 is 0 Å². The Hall–Kier alpha value is -3.81. The van der Waals surface area contributed by atoms with E-state index in [1.807, 2.05) is 28.8 Å². The molecular formula is C20H17FN6O. The summed E-state index contributed by atoms with van der Waals surface area (Å²) in [6.07, 6.45) is 6.60. The zero-order valence-electron chi connectivity index (χ0n) is 15.1. The number of halogens is 1. The van der Waals surface area contributed by atoms with E-state index in [1.54, 1.807) is 19.3 Å². The zero-order chi connectivity index (χ0) is 19.7. The number of nitrogens with two attached hydrogens (primary N) is 1. The molecular weight excluding hydrogens is 359 g/mol. The number of pyridine rings is 1. The van der Waals surface area contributed by atoms with Crippen LogP contribution in [0.2, 0.25) is 0 Å². The molecule has 0 aliphatic rings. The molecule has 0 saturated heterocycles. The Morgan fingerprint density at radius 1 is 1.11 bits per heavy atom. The number of carbonyl (C=O) groups is 1. The van der Waals surface area contributed by atoms with Gasteiger partial charge in [-0.25, -0.2) is 19.3 Å². The van der Waals surface area contributed by atoms with Gasteiger partial charge in [-0.15, -0.1) is 0 Å². The molecule has 0 spiro atoms. The van der Waals surface area contributed by atoms with Crippen LogP contribution in [0.5, 0.6) is 0 Å². The predicted molar refractivity (Wildman–Crippen MR) is 103 cm³/mol. The maximum Gasteiger partial charge on any atom is 0.254 e. The number of aromatic nitrogens is 4. The van der Waals surface area contributed by atoms with E-state index in [-0.39, 0.29) is 17.4 Å². The Kier molecular flexibility index (Phi) is 4.44. The largest absolute Gasteiger partial charge is 0.368 e. The highest BCUT2D eigenvalue weighted by atomic mass is 19.1. The summed E-state index contributed by atoms with van der Waals surface area (Å²) in [7, 11) is 1.67. The molecule has 0 atom stereocenters. The van der Waals surface area contributed by atoms with Gasteiger partial charge in [-0.3, -0.25) is 4.79 Å². The van der Waals surface area contributed by atoms with E-state index >= 15 is 0 Å². The number of anilines is 1. The molecule has 0 bridgehead atoms. The third-order valence-electron chi connectivity index (χ3n) is 4.39. The fourth-order valence-electron chi connectivity index (χ4n) is 3.00. The number of hydrogen-bond donors (Lipinski definition) is 1. The summed E-state index contributed by atoms with van der Waals surface area (Å²) >= 11 is 0. The fraction of sp³-hybridized carbons (Fsp3) is 0.100. The predicted octanol–water partition coefficient (Wildman–Crippen LogP) is 2.78. The van der Waals surface area contributed by atoms with Crippen LogP contribution in [0.1, 0.15) is 16.1 Å². The van der Waals surface area contributed by atoms with Gasteiger partial charge in [0.1, 0.15) is 11.5 Å². The Balaban J connectivity index is 1.61. The topological polar surface area (TPSA) is 89.4 Å². The highest BCUT2D eigenvalue weighted by Gasteiger charge is 2.16. The van der Waals surface area contributed by atoms with Crippen LogP contribution in [-0.2, 0) is 6.54 Å². The van der Waals surface area contributed by atoms with Crippen molar-refractivity contribution in [3.05, 3.63) is 78.3 Å². The second-order valence-electron chi connectivity index (χ2n) is 6.40. The van der Waals surface area contributed by atoms with Crippen molar-refractivity contribution >= 4 is 17.5 Å². The van der Waals surface area contributed by atoms with E-state index in [1.165, 1.54) is 29.4 Å². The molecule has 8 heteroatoms. The van der Waals surface area contributed by atoms with Gasteiger partial charge >= 0.3 is 0 Å². The Morgan fingerprint density at radius 3 is 2.68 bits per heavy atom. The van der Waals surface area contributed by atoms with Crippen LogP contribution in [0.25, 0.3) is 16.8 Å². The second kappa shape index (κ2) is 7.07. The molecule has 3 heterocycles. The highest BCUT2D eigenvalue weighted by molar-refractivity contribution is 5.95. The first-order valence-electron chi connectivity index (χ1n) is 8.56. The van der Waals surface area contributed by atoms with Crippen molar-refractivity contribution in [2.45, 2.75) is 6.54 Å². The molecule has 1 aromatic carbocycles. The van der Waals surface area contributed by atoms with Crippen LogP contribution in [0.4, 0.5) is 10.3 Å². The smallest absolute Gasteiger partial charge is 0.254 e. The minimum Gasteiger partial charge on any atom is -0.368 e. The first-order chi connectivity index (χ1) is 13.5. The van der Waals surface area contributed by atoms with Gasteiger partial charge in [-0.1, -0.05) is 6.07 Å². The minimum atomic E-state index is -0.513. The van der Waals surface area contributed by atoms with Crippen molar-refractivity contribution in [1.82, 2.24) is 24.3 Å². The average Bonchev–Trinajstić information content (AvgIpc) is 3.10. The summed E-state index contributed by atoms with van der Waals surface area (Å²) in [4.78, 5) is 26.5. The number of hydrogen-bond acceptors (Lipinski definition) is 5. The summed E-state index contributed by atoms with van der Waals surface area (Å²) in [5.41, 5.74) is 8.47. The number of nitrogen functional groups attached to an aromatic ring is 1. The lowest BCUT2D eigenvalue weighted by Crippen LogP contribution is -2.27. The molecule has 0 radical (unpaired) electrons. The third-order valence-corrected chi connectivity index (χ3v) is 4.39. The number of rotatable bonds is 4. The normalized spacial score (nSPS) is 10.9. The van der Waals surface area contributed by atoms with Gasteiger partial charge in [-0.05, 0) is 35.9 Å². The quantitative estimate of drug-likeness (QED) is 0.592. The number of carbonyl (C=O) groups excluding carboxylic acids is 1. The van der Waals surface area contributed by atoms with Crippen molar-refractivity contribution in [3.8, 4) is 11.1 Å². The van der Waals surface area contributed by atoms with Gasteiger partial charge in [0, 0.05) is 36.8 Å². The van der Waals surface area contributed by atoms with Gasteiger partial charge in [0.25, 0.3) is 5.91 Å². The van der Waals surface area contributed by atoms with E-state index < -0.39 is 5.82 Å². The van der Waals surface area contributed by atoms with Gasteiger partial charge in [0.2, 0.25) is 5.95 Å². The average molecular weight is 376 g/mol. The van der Waals surface area contributed by atoms with Gasteiger partial charge in [0.15, 0.2) is 0 Å². The maximum absolute atomic E-state index is 14.2. The maximum atomic E-state index is 14.2. The van der Waals surface area contributed by atoms with Gasteiger partial charge < -0.3 is 15.0 Å². The molecule has 0 aliphatic carbocycles. The van der Waals surface area contributed by atoms with E-state index in [0.29, 0.717) is 17.7 Å². The van der Waals surface area contributed by atoms with Crippen molar-refractivity contribution in [2.75, 3.05) is 12.8 Å². The summed E-state index contributed by atoms with van der Waals surface area (Å²) in [5.74, 6) is -0.687. The van der Waals surface area contributed by atoms with Crippen molar-refractivity contribution < 1.29 is 9.18 Å². The number of imidazole rings is 1. The lowest BCUT2D eigenvalue weighted by atomic mass is 10.0. The van der Waals surface area contributed by atoms with E-state index in [2.05, 4.69) is 15.0 Å². The van der Waals surface area contributed by atoms with Crippen LogP contribution in [-0.4, -0.2) is 37.2 Å². The SMILES string of the molecule is CN(Cc1cnc2ccccn12)C(=O)c1cc(F)cc(-c2cnc(N)nc2)c1. The molecule has 3 aromatic heterocycles. The van der Waals surface area contributed by atoms with Gasteiger partial charge in [-0.2, -0.15) is 0 Å². The number of nitrogens with zero attached hydrogens (tertiary/aromatic N) is 5. The zero-order valence-corrected chi connectivity index (χ0v) is 15.1. The van der Waals surface area contributed by atoms with Crippen LogP contribution in [0.3, 0.4) is 0 Å². The second-order valence-corrected chi connectivity index (χ2v) is 6.40. The fourth-order valence-corrected chi connectivity index (χ4v) is 3.00. The van der Waals surface area contributed by atoms with Crippen molar-refractivity contribution in [2.24, 2.45) is 0 Å². The van der Waals surface area contributed by atoms with E-state index in [0.717, 1.165) is 11.3 Å². The summed E-state index contributed by atoms with van der Waals surface area (Å²) in [6, 6.07) is 9.85. The molecule has 4 aromatic rings. The Labute approximate surface area is 160 Å².